The molecule has 0 aliphatic rings. The zero-order valence-corrected chi connectivity index (χ0v) is 38.3. The van der Waals surface area contributed by atoms with Crippen molar-refractivity contribution >= 4 is 44.7 Å². The minimum absolute atomic E-state index is 0.0924. The van der Waals surface area contributed by atoms with E-state index in [1.165, 1.54) is 0 Å². The highest BCUT2D eigenvalue weighted by Crippen LogP contribution is 2.46. The quantitative estimate of drug-likeness (QED) is 0.103. The summed E-state index contributed by atoms with van der Waals surface area (Å²) in [6, 6.07) is 57.6. The fourth-order valence-corrected chi connectivity index (χ4v) is 9.86. The number of carbonyl (C=O) groups excluding carboxylic acids is 2. The van der Waals surface area contributed by atoms with Crippen LogP contribution in [0, 0.1) is 27.7 Å². The molecule has 326 valence electrons. The summed E-state index contributed by atoms with van der Waals surface area (Å²) in [5, 5.41) is 10.7. The van der Waals surface area contributed by atoms with Crippen molar-refractivity contribution in [2.75, 3.05) is 11.5 Å². The van der Waals surface area contributed by atoms with E-state index in [1.807, 2.05) is 102 Å². The third-order valence-electron chi connectivity index (χ3n) is 13.1. The molecule has 9 rings (SSSR count). The van der Waals surface area contributed by atoms with E-state index in [2.05, 4.69) is 120 Å². The number of benzene rings is 9. The lowest BCUT2D eigenvalue weighted by Crippen LogP contribution is -2.28. The van der Waals surface area contributed by atoms with Gasteiger partial charge in [-0.05, 0) is 130 Å². The Morgan fingerprint density at radius 3 is 1.05 bits per heavy atom. The van der Waals surface area contributed by atoms with Crippen molar-refractivity contribution < 1.29 is 9.59 Å². The molecule has 0 fully saturated rings. The average molecular weight is 863 g/mol. The van der Waals surface area contributed by atoms with Gasteiger partial charge in [-0.15, -0.1) is 0 Å². The first-order chi connectivity index (χ1) is 31.9. The predicted octanol–water partition coefficient (Wildman–Crippen LogP) is 14.0. The Labute approximate surface area is 387 Å². The third-order valence-corrected chi connectivity index (χ3v) is 13.1. The number of hydrogen-bond donors (Lipinski definition) is 4. The van der Waals surface area contributed by atoms with Crippen LogP contribution in [0.1, 0.15) is 80.0 Å². The van der Waals surface area contributed by atoms with Gasteiger partial charge < -0.3 is 22.1 Å². The van der Waals surface area contributed by atoms with Gasteiger partial charge in [-0.1, -0.05) is 170 Å². The van der Waals surface area contributed by atoms with Crippen molar-refractivity contribution in [1.29, 1.82) is 0 Å². The third kappa shape index (κ3) is 8.07. The Kier molecular flexibility index (Phi) is 11.7. The Balaban J connectivity index is 1.08. The molecule has 0 heterocycles. The predicted molar refractivity (Wildman–Crippen MR) is 276 cm³/mol. The Morgan fingerprint density at radius 2 is 0.712 bits per heavy atom. The molecule has 9 aromatic rings. The smallest absolute Gasteiger partial charge is 0.252 e. The Bertz CT molecular complexity index is 3060. The van der Waals surface area contributed by atoms with Gasteiger partial charge in [0, 0.05) is 22.3 Å². The lowest BCUT2D eigenvalue weighted by molar-refractivity contribution is 0.0930. The van der Waals surface area contributed by atoms with E-state index in [-0.39, 0.29) is 23.9 Å². The molecule has 0 saturated heterocycles. The van der Waals surface area contributed by atoms with E-state index in [0.29, 0.717) is 22.5 Å². The van der Waals surface area contributed by atoms with Crippen LogP contribution in [0.15, 0.2) is 170 Å². The van der Waals surface area contributed by atoms with Gasteiger partial charge in [-0.25, -0.2) is 0 Å². The number of nitrogen functional groups attached to an aromatic ring is 2. The number of amides is 2. The molecule has 0 spiro atoms. The number of aryl methyl sites for hydroxylation is 4. The molecule has 0 radical (unpaired) electrons. The largest absolute Gasteiger partial charge is 0.397 e. The second-order valence-electron chi connectivity index (χ2n) is 17.6. The topological polar surface area (TPSA) is 110 Å². The van der Waals surface area contributed by atoms with Gasteiger partial charge >= 0.3 is 0 Å². The summed E-state index contributed by atoms with van der Waals surface area (Å²) in [6.07, 6.45) is 0. The van der Waals surface area contributed by atoms with Crippen molar-refractivity contribution in [3.8, 4) is 44.5 Å². The minimum atomic E-state index is -0.133. The van der Waals surface area contributed by atoms with Crippen molar-refractivity contribution in [2.45, 2.75) is 53.6 Å². The molecule has 2 atom stereocenters. The van der Waals surface area contributed by atoms with E-state index in [0.717, 1.165) is 99.4 Å². The van der Waals surface area contributed by atoms with Gasteiger partial charge in [0.15, 0.2) is 0 Å². The molecular weight excluding hydrogens is 809 g/mol. The van der Waals surface area contributed by atoms with Gasteiger partial charge in [0.25, 0.3) is 11.8 Å². The normalized spacial score (nSPS) is 12.2. The van der Waals surface area contributed by atoms with Crippen LogP contribution < -0.4 is 22.1 Å². The average Bonchev–Trinajstić information content (AvgIpc) is 3.31. The number of hydrogen-bond acceptors (Lipinski definition) is 4. The molecule has 2 amide bonds. The fourth-order valence-electron chi connectivity index (χ4n) is 9.86. The summed E-state index contributed by atoms with van der Waals surface area (Å²) in [5.41, 5.74) is 30.2. The minimum Gasteiger partial charge on any atom is -0.397 e. The molecule has 66 heavy (non-hydrogen) atoms. The number of anilines is 2. The molecule has 0 bridgehead atoms. The number of rotatable bonds is 10. The highest BCUT2D eigenvalue weighted by Gasteiger charge is 2.22. The van der Waals surface area contributed by atoms with Gasteiger partial charge in [0.05, 0.1) is 23.5 Å². The van der Waals surface area contributed by atoms with Crippen LogP contribution in [0.2, 0.25) is 0 Å². The molecule has 0 aliphatic heterocycles. The number of nitrogens with two attached hydrogens (primary N) is 2. The first-order valence-corrected chi connectivity index (χ1v) is 22.6. The molecule has 9 aromatic carbocycles. The SMILES string of the molecule is Cc1cc(-c2cccc3cccc(-c4ccc(-c5cccc6cccc(-c7cc(C)c(C(=O)NC(C)c8ccccc8)c(C)c7)c56)c(N)c4N)c23)cc(C)c1C(=O)NC(C)c1ccccc1. The second-order valence-corrected chi connectivity index (χ2v) is 17.6. The van der Waals surface area contributed by atoms with Crippen LogP contribution in [0.4, 0.5) is 11.4 Å². The first kappa shape index (κ1) is 43.3. The number of carbonyl (C=O) groups is 2. The fraction of sp³-hybridized carbons (Fsp3) is 0.133. The van der Waals surface area contributed by atoms with Crippen LogP contribution in [-0.2, 0) is 0 Å². The maximum Gasteiger partial charge on any atom is 0.252 e. The summed E-state index contributed by atoms with van der Waals surface area (Å²) in [6.45, 7) is 12.0. The summed E-state index contributed by atoms with van der Waals surface area (Å²) < 4.78 is 0. The zero-order chi connectivity index (χ0) is 46.2. The number of fused-ring (bicyclic) bond motifs is 2. The molecule has 6 heteroatoms. The van der Waals surface area contributed by atoms with Crippen LogP contribution in [-0.4, -0.2) is 11.8 Å². The van der Waals surface area contributed by atoms with E-state index >= 15 is 0 Å². The maximum absolute atomic E-state index is 13.7. The van der Waals surface area contributed by atoms with E-state index in [9.17, 15) is 9.59 Å². The zero-order valence-electron chi connectivity index (χ0n) is 38.3. The molecular formula is C60H54N4O2. The van der Waals surface area contributed by atoms with Crippen LogP contribution >= 0.6 is 0 Å². The number of nitrogens with one attached hydrogen (secondary N) is 2. The molecule has 0 aromatic heterocycles. The second kappa shape index (κ2) is 17.9. The van der Waals surface area contributed by atoms with E-state index < -0.39 is 0 Å². The highest BCUT2D eigenvalue weighted by molar-refractivity contribution is 6.13. The van der Waals surface area contributed by atoms with Crippen molar-refractivity contribution in [3.63, 3.8) is 0 Å². The Hall–Kier alpha value is -7.96. The van der Waals surface area contributed by atoms with Crippen LogP contribution in [0.25, 0.3) is 66.1 Å². The monoisotopic (exact) mass is 862 g/mol. The highest BCUT2D eigenvalue weighted by atomic mass is 16.2. The Morgan fingerprint density at radius 1 is 0.394 bits per heavy atom. The molecule has 0 aliphatic carbocycles. The molecule has 6 nitrogen and oxygen atoms in total. The van der Waals surface area contributed by atoms with E-state index in [4.69, 9.17) is 11.5 Å². The molecule has 0 saturated carbocycles. The lowest BCUT2D eigenvalue weighted by Gasteiger charge is -2.20. The van der Waals surface area contributed by atoms with Gasteiger partial charge in [-0.2, -0.15) is 0 Å². The van der Waals surface area contributed by atoms with E-state index in [1.54, 1.807) is 0 Å². The summed E-state index contributed by atoms with van der Waals surface area (Å²) >= 11 is 0. The summed E-state index contributed by atoms with van der Waals surface area (Å²) in [5.74, 6) is -0.185. The van der Waals surface area contributed by atoms with Crippen molar-refractivity contribution in [2.24, 2.45) is 0 Å². The standard InChI is InChI=1S/C60H54N4O2/c1-35-31-45(32-36(2)53(35)59(65)63-39(5)41-17-9-7-10-18-41)47-25-13-21-43-23-15-27-49(55(43)47)51-29-30-52(58(62)57(51)61)50-28-16-24-44-22-14-26-48(56(44)50)46-33-37(3)54(38(4)34-46)60(66)64-40(6)42-19-11-8-12-20-42/h7-34,39-40H,61-62H2,1-6H3,(H,63,65)(H,64,66). The van der Waals surface area contributed by atoms with Gasteiger partial charge in [0.2, 0.25) is 0 Å². The first-order valence-electron chi connectivity index (χ1n) is 22.6. The maximum atomic E-state index is 13.7. The molecule has 2 unspecified atom stereocenters. The van der Waals surface area contributed by atoms with Crippen LogP contribution in [0.5, 0.6) is 0 Å². The summed E-state index contributed by atoms with van der Waals surface area (Å²) in [7, 11) is 0. The van der Waals surface area contributed by atoms with Crippen molar-refractivity contribution in [1.82, 2.24) is 10.6 Å². The lowest BCUT2D eigenvalue weighted by atomic mass is 9.86. The van der Waals surface area contributed by atoms with Crippen LogP contribution in [0.3, 0.4) is 0 Å². The van der Waals surface area contributed by atoms with Gasteiger partial charge in [0.1, 0.15) is 0 Å². The summed E-state index contributed by atoms with van der Waals surface area (Å²) in [4.78, 5) is 27.4. The van der Waals surface area contributed by atoms with Crippen molar-refractivity contribution in [3.05, 3.63) is 214 Å². The van der Waals surface area contributed by atoms with Gasteiger partial charge in [-0.3, -0.25) is 9.59 Å². The molecule has 6 N–H and O–H groups in total.